The Balaban J connectivity index is 1.79. The fraction of sp³-hybridized carbons (Fsp3) is 0.346. The van der Waals surface area contributed by atoms with Crippen LogP contribution in [0.5, 0.6) is 0 Å². The number of alkyl halides is 3. The molecule has 3 heterocycles. The predicted molar refractivity (Wildman–Crippen MR) is 141 cm³/mol. The summed E-state index contributed by atoms with van der Waals surface area (Å²) in [6.07, 6.45) is -1.73. The summed E-state index contributed by atoms with van der Waals surface area (Å²) < 4.78 is 56.4. The number of pyridine rings is 1. The summed E-state index contributed by atoms with van der Waals surface area (Å²) in [5, 5.41) is 4.89. The lowest BCUT2D eigenvalue weighted by Gasteiger charge is -2.44. The van der Waals surface area contributed by atoms with Gasteiger partial charge in [0.2, 0.25) is 17.4 Å². The van der Waals surface area contributed by atoms with Crippen molar-refractivity contribution in [3.05, 3.63) is 64.1 Å². The third-order valence-corrected chi connectivity index (χ3v) is 6.76. The summed E-state index contributed by atoms with van der Waals surface area (Å²) in [6.45, 7) is 6.16. The van der Waals surface area contributed by atoms with Crippen molar-refractivity contribution in [3.8, 4) is 11.1 Å². The van der Waals surface area contributed by atoms with Crippen molar-refractivity contribution in [2.75, 3.05) is 35.7 Å². The number of aromatic nitrogens is 3. The summed E-state index contributed by atoms with van der Waals surface area (Å²) in [4.78, 5) is 50.1. The molecule has 10 nitrogen and oxygen atoms in total. The van der Waals surface area contributed by atoms with E-state index in [-0.39, 0.29) is 40.5 Å². The number of anilines is 3. The average Bonchev–Trinajstić information content (AvgIpc) is 2.87. The molecule has 40 heavy (non-hydrogen) atoms. The van der Waals surface area contributed by atoms with Crippen molar-refractivity contribution in [2.45, 2.75) is 39.0 Å². The number of halogens is 4. The summed E-state index contributed by atoms with van der Waals surface area (Å²) in [7, 11) is 1.96. The largest absolute Gasteiger partial charge is 0.417 e. The van der Waals surface area contributed by atoms with Gasteiger partial charge in [-0.05, 0) is 33.0 Å². The highest BCUT2D eigenvalue weighted by atomic mass is 19.4. The van der Waals surface area contributed by atoms with Crippen LogP contribution < -0.4 is 21.1 Å². The first-order valence-electron chi connectivity index (χ1n) is 12.3. The Labute approximate surface area is 226 Å². The number of benzene rings is 1. The number of nitrogens with zero attached hydrogens (tertiary/aromatic N) is 4. The molecule has 1 fully saturated rings. The number of amides is 2. The van der Waals surface area contributed by atoms with E-state index in [0.29, 0.717) is 25.4 Å². The van der Waals surface area contributed by atoms with Crippen LogP contribution in [0.2, 0.25) is 0 Å². The van der Waals surface area contributed by atoms with E-state index >= 15 is 4.39 Å². The van der Waals surface area contributed by atoms with Crippen LogP contribution in [-0.4, -0.2) is 63.9 Å². The molecule has 1 aromatic carbocycles. The van der Waals surface area contributed by atoms with E-state index in [1.54, 1.807) is 0 Å². The fourth-order valence-corrected chi connectivity index (χ4v) is 4.52. The molecule has 2 unspecified atom stereocenters. The van der Waals surface area contributed by atoms with E-state index in [0.717, 1.165) is 0 Å². The lowest BCUT2D eigenvalue weighted by atomic mass is 10.0. The van der Waals surface area contributed by atoms with Crippen LogP contribution in [0.4, 0.5) is 34.9 Å². The van der Waals surface area contributed by atoms with E-state index in [9.17, 15) is 27.6 Å². The number of hydrogen-bond donors (Lipinski definition) is 3. The van der Waals surface area contributed by atoms with Gasteiger partial charge in [-0.15, -0.1) is 0 Å². The summed E-state index contributed by atoms with van der Waals surface area (Å²) in [5.74, 6) is -2.22. The van der Waals surface area contributed by atoms with Crippen molar-refractivity contribution in [1.82, 2.24) is 19.9 Å². The van der Waals surface area contributed by atoms with Gasteiger partial charge in [0.1, 0.15) is 5.82 Å². The molecular weight excluding hydrogens is 534 g/mol. The molecule has 1 saturated heterocycles. The standard InChI is InChI=1S/C26H27F4N7O3/c1-13-11-37(12-14(2)36(13)4)22-7-20(27)17(16-8-32-25(33-9-16)34-15(3)38)5-21(22)35-24(40)18-10-31-23(39)6-19(18)26(28,29)30/h5-10,13-14H,11-12H2,1-4H3,(H,31,39)(H,35,40)(H,32,33,34,38). The Kier molecular flexibility index (Phi) is 7.91. The number of carbonyl (C=O) groups excluding carboxylic acids is 2. The van der Waals surface area contributed by atoms with Crippen LogP contribution >= 0.6 is 0 Å². The third-order valence-electron chi connectivity index (χ3n) is 6.76. The van der Waals surface area contributed by atoms with Crippen LogP contribution in [0.1, 0.15) is 36.7 Å². The zero-order valence-corrected chi connectivity index (χ0v) is 22.1. The number of H-pyrrole nitrogens is 1. The van der Waals surface area contributed by atoms with E-state index in [2.05, 4.69) is 30.5 Å². The normalized spacial score (nSPS) is 17.9. The van der Waals surface area contributed by atoms with Gasteiger partial charge in [0.15, 0.2) is 0 Å². The molecule has 3 N–H and O–H groups in total. The Morgan fingerprint density at radius 1 is 1.05 bits per heavy atom. The number of likely N-dealkylation sites (N-methyl/N-ethyl adjacent to an activating group) is 1. The topological polar surface area (TPSA) is 123 Å². The molecule has 0 saturated carbocycles. The van der Waals surface area contributed by atoms with Crippen molar-refractivity contribution in [2.24, 2.45) is 0 Å². The van der Waals surface area contributed by atoms with Gasteiger partial charge < -0.3 is 15.2 Å². The summed E-state index contributed by atoms with van der Waals surface area (Å²) in [5.41, 5.74) is -2.72. The molecule has 212 valence electrons. The minimum Gasteiger partial charge on any atom is -0.367 e. The Morgan fingerprint density at radius 2 is 1.68 bits per heavy atom. The van der Waals surface area contributed by atoms with E-state index in [1.807, 2.05) is 25.8 Å². The molecule has 1 aliphatic rings. The lowest BCUT2D eigenvalue weighted by Crippen LogP contribution is -2.55. The Bertz CT molecular complexity index is 1480. The van der Waals surface area contributed by atoms with Crippen LogP contribution in [0.25, 0.3) is 11.1 Å². The maximum Gasteiger partial charge on any atom is 0.417 e. The highest BCUT2D eigenvalue weighted by Gasteiger charge is 2.36. The average molecular weight is 562 g/mol. The van der Waals surface area contributed by atoms with Crippen molar-refractivity contribution >= 4 is 29.1 Å². The molecule has 0 radical (unpaired) electrons. The van der Waals surface area contributed by atoms with E-state index < -0.39 is 40.5 Å². The van der Waals surface area contributed by atoms with Crippen molar-refractivity contribution < 1.29 is 27.2 Å². The number of hydrogen-bond acceptors (Lipinski definition) is 7. The van der Waals surface area contributed by atoms with Gasteiger partial charge in [-0.3, -0.25) is 24.6 Å². The molecule has 2 atom stereocenters. The molecule has 0 spiro atoms. The number of piperazine rings is 1. The quantitative estimate of drug-likeness (QED) is 0.406. The van der Waals surface area contributed by atoms with Crippen LogP contribution in [0, 0.1) is 5.82 Å². The van der Waals surface area contributed by atoms with Gasteiger partial charge in [-0.25, -0.2) is 14.4 Å². The van der Waals surface area contributed by atoms with E-state index in [1.165, 1.54) is 31.5 Å². The maximum atomic E-state index is 15.5. The summed E-state index contributed by atoms with van der Waals surface area (Å²) in [6, 6.07) is 2.92. The zero-order valence-electron chi connectivity index (χ0n) is 22.1. The van der Waals surface area contributed by atoms with Gasteiger partial charge in [-0.1, -0.05) is 0 Å². The molecule has 0 aliphatic carbocycles. The predicted octanol–water partition coefficient (Wildman–Crippen LogP) is 3.73. The van der Waals surface area contributed by atoms with E-state index in [4.69, 9.17) is 0 Å². The second kappa shape index (κ2) is 11.0. The number of rotatable bonds is 5. The van der Waals surface area contributed by atoms with Gasteiger partial charge in [0.05, 0.1) is 22.5 Å². The molecule has 0 bridgehead atoms. The SMILES string of the molecule is CC(=O)Nc1ncc(-c2cc(NC(=O)c3c[nH]c(=O)cc3C(F)(F)F)c(N3CC(C)N(C)C(C)C3)cc2F)cn1. The zero-order chi connectivity index (χ0) is 29.4. The van der Waals surface area contributed by atoms with Crippen molar-refractivity contribution in [3.63, 3.8) is 0 Å². The van der Waals surface area contributed by atoms with Crippen LogP contribution in [0.15, 0.2) is 41.6 Å². The first kappa shape index (κ1) is 28.7. The van der Waals surface area contributed by atoms with Crippen LogP contribution in [-0.2, 0) is 11.0 Å². The molecule has 3 aromatic rings. The molecule has 1 aliphatic heterocycles. The molecule has 2 amide bonds. The summed E-state index contributed by atoms with van der Waals surface area (Å²) >= 11 is 0. The second-order valence-corrected chi connectivity index (χ2v) is 9.67. The van der Waals surface area contributed by atoms with Gasteiger partial charge >= 0.3 is 6.18 Å². The van der Waals surface area contributed by atoms with Gasteiger partial charge in [0, 0.05) is 67.9 Å². The minimum atomic E-state index is -4.97. The Hall–Kier alpha value is -4.33. The van der Waals surface area contributed by atoms with Gasteiger partial charge in [-0.2, -0.15) is 13.2 Å². The van der Waals surface area contributed by atoms with Crippen LogP contribution in [0.3, 0.4) is 0 Å². The smallest absolute Gasteiger partial charge is 0.367 e. The molecule has 4 rings (SSSR count). The highest BCUT2D eigenvalue weighted by molar-refractivity contribution is 6.07. The minimum absolute atomic E-state index is 0.0000311. The number of nitrogens with one attached hydrogen (secondary N) is 3. The maximum absolute atomic E-state index is 15.5. The first-order valence-corrected chi connectivity index (χ1v) is 12.3. The molecular formula is C26H27F4N7O3. The Morgan fingerprint density at radius 3 is 2.25 bits per heavy atom. The number of carbonyl (C=O) groups is 2. The lowest BCUT2D eigenvalue weighted by molar-refractivity contribution is -0.138. The van der Waals surface area contributed by atoms with Crippen molar-refractivity contribution in [1.29, 1.82) is 0 Å². The first-order chi connectivity index (χ1) is 18.7. The third kappa shape index (κ3) is 6.11. The van der Waals surface area contributed by atoms with Gasteiger partial charge in [0.25, 0.3) is 5.91 Å². The highest BCUT2D eigenvalue weighted by Crippen LogP contribution is 2.37. The fourth-order valence-electron chi connectivity index (χ4n) is 4.52. The molecule has 2 aromatic heterocycles. The number of aromatic amines is 1. The second-order valence-electron chi connectivity index (χ2n) is 9.67. The monoisotopic (exact) mass is 561 g/mol. The molecule has 14 heteroatoms.